The molecule has 1 aliphatic rings. The van der Waals surface area contributed by atoms with Crippen LogP contribution in [0.2, 0.25) is 0 Å². The van der Waals surface area contributed by atoms with Gasteiger partial charge in [0.05, 0.1) is 5.11 Å². The second-order valence-corrected chi connectivity index (χ2v) is 0.929. The van der Waals surface area contributed by atoms with E-state index in [0.29, 0.717) is 6.67 Å². The maximum absolute atomic E-state index is 9.90. The molecule has 0 aromatic rings. The van der Waals surface area contributed by atoms with Gasteiger partial charge in [-0.25, -0.2) is 4.79 Å². The number of nitrogens with zero attached hydrogens (tertiary/aromatic N) is 1. The molecule has 32 valence electrons. The SMILES string of the molecule is O=C1N=[NH+]CN1. The first-order chi connectivity index (χ1) is 2.89. The Kier molecular flexibility index (Phi) is 0.567. The van der Waals surface area contributed by atoms with Gasteiger partial charge in [0.1, 0.15) is 0 Å². The Morgan fingerprint density at radius 3 is 3.00 bits per heavy atom. The Bertz CT molecular complexity index is 97.0. The summed E-state index contributed by atoms with van der Waals surface area (Å²) in [5.41, 5.74) is 0. The molecule has 0 aromatic carbocycles. The topological polar surface area (TPSA) is 55.4 Å². The number of azo groups is 1. The van der Waals surface area contributed by atoms with E-state index < -0.39 is 0 Å². The van der Waals surface area contributed by atoms with E-state index in [-0.39, 0.29) is 6.03 Å². The Morgan fingerprint density at radius 1 is 2.00 bits per heavy atom. The number of urea groups is 1. The predicted molar refractivity (Wildman–Crippen MR) is 16.8 cm³/mol. The van der Waals surface area contributed by atoms with Crippen LogP contribution in [0.5, 0.6) is 0 Å². The third-order valence-electron chi connectivity index (χ3n) is 0.499. The van der Waals surface area contributed by atoms with Crippen LogP contribution < -0.4 is 10.4 Å². The van der Waals surface area contributed by atoms with Crippen molar-refractivity contribution in [1.29, 1.82) is 0 Å². The van der Waals surface area contributed by atoms with Crippen molar-refractivity contribution in [3.63, 3.8) is 0 Å². The molecule has 1 rings (SSSR count). The van der Waals surface area contributed by atoms with E-state index in [9.17, 15) is 4.79 Å². The molecule has 0 radical (unpaired) electrons. The first kappa shape index (κ1) is 3.27. The van der Waals surface area contributed by atoms with Gasteiger partial charge in [-0.2, -0.15) is 0 Å². The van der Waals surface area contributed by atoms with E-state index in [1.807, 2.05) is 0 Å². The van der Waals surface area contributed by atoms with Crippen molar-refractivity contribution in [3.8, 4) is 0 Å². The second-order valence-electron chi connectivity index (χ2n) is 0.929. The maximum atomic E-state index is 9.90. The normalized spacial score (nSPS) is 18.3. The summed E-state index contributed by atoms with van der Waals surface area (Å²) < 4.78 is 0. The highest BCUT2D eigenvalue weighted by atomic mass is 16.2. The van der Waals surface area contributed by atoms with Gasteiger partial charge in [-0.15, -0.1) is 5.11 Å². The summed E-state index contributed by atoms with van der Waals surface area (Å²) in [6, 6.07) is -0.282. The summed E-state index contributed by atoms with van der Waals surface area (Å²) in [5, 5.41) is 8.08. The first-order valence-corrected chi connectivity index (χ1v) is 1.61. The average molecular weight is 86.1 g/mol. The lowest BCUT2D eigenvalue weighted by Gasteiger charge is -1.69. The standard InChI is InChI=1S/C2H3N3O/c6-2-3-1-4-5-2/h1H2,(H,3,6)/p+1. The van der Waals surface area contributed by atoms with Crippen molar-refractivity contribution in [1.82, 2.24) is 5.32 Å². The van der Waals surface area contributed by atoms with Crippen LogP contribution in [-0.2, 0) is 0 Å². The number of carbonyl (C=O) groups excluding carboxylic acids is 1. The monoisotopic (exact) mass is 86.0 g/mol. The summed E-state index contributed by atoms with van der Waals surface area (Å²) in [6.07, 6.45) is 0. The fourth-order valence-corrected chi connectivity index (χ4v) is 0.266. The largest absolute Gasteiger partial charge is 0.405 e. The Morgan fingerprint density at radius 2 is 2.83 bits per heavy atom. The molecule has 2 N–H and O–H groups in total. The highest BCUT2D eigenvalue weighted by Gasteiger charge is 2.06. The van der Waals surface area contributed by atoms with Crippen LogP contribution in [-0.4, -0.2) is 12.7 Å². The summed E-state index contributed by atoms with van der Waals surface area (Å²) in [7, 11) is 0. The molecule has 4 heteroatoms. The van der Waals surface area contributed by atoms with Crippen LogP contribution in [0.15, 0.2) is 5.11 Å². The van der Waals surface area contributed by atoms with Gasteiger partial charge in [0.25, 0.3) is 0 Å². The van der Waals surface area contributed by atoms with Crippen molar-refractivity contribution >= 4 is 6.03 Å². The molecule has 0 saturated heterocycles. The molecule has 0 atom stereocenters. The molecule has 0 aliphatic carbocycles. The van der Waals surface area contributed by atoms with Gasteiger partial charge >= 0.3 is 6.03 Å². The van der Waals surface area contributed by atoms with Crippen LogP contribution in [0.4, 0.5) is 4.79 Å². The van der Waals surface area contributed by atoms with E-state index in [4.69, 9.17) is 0 Å². The molecular weight excluding hydrogens is 82.0 g/mol. The quantitative estimate of drug-likeness (QED) is 0.359. The molecule has 0 bridgehead atoms. The fraction of sp³-hybridized carbons (Fsp3) is 0.500. The van der Waals surface area contributed by atoms with Crippen molar-refractivity contribution in [3.05, 3.63) is 0 Å². The lowest BCUT2D eigenvalue weighted by molar-refractivity contribution is -0.517. The zero-order valence-electron chi connectivity index (χ0n) is 3.06. The van der Waals surface area contributed by atoms with Crippen LogP contribution in [0.25, 0.3) is 0 Å². The van der Waals surface area contributed by atoms with Crippen LogP contribution in [0, 0.1) is 0 Å². The number of nitrogens with one attached hydrogen (secondary N) is 2. The zero-order chi connectivity index (χ0) is 4.41. The molecule has 0 saturated carbocycles. The molecule has 0 unspecified atom stereocenters. The fourth-order valence-electron chi connectivity index (χ4n) is 0.266. The van der Waals surface area contributed by atoms with Crippen molar-refractivity contribution in [2.24, 2.45) is 5.11 Å². The number of carbonyl (C=O) groups is 1. The van der Waals surface area contributed by atoms with Crippen molar-refractivity contribution in [2.75, 3.05) is 6.67 Å². The lowest BCUT2D eigenvalue weighted by atomic mass is 11.0. The molecule has 6 heavy (non-hydrogen) atoms. The highest BCUT2D eigenvalue weighted by Crippen LogP contribution is 1.64. The van der Waals surface area contributed by atoms with Crippen LogP contribution >= 0.6 is 0 Å². The number of rotatable bonds is 0. The third kappa shape index (κ3) is 0.357. The summed E-state index contributed by atoms with van der Waals surface area (Å²) in [6.45, 7) is 0.471. The summed E-state index contributed by atoms with van der Waals surface area (Å²) in [4.78, 5) is 9.90. The van der Waals surface area contributed by atoms with Crippen molar-refractivity contribution < 1.29 is 9.91 Å². The maximum Gasteiger partial charge on any atom is 0.405 e. The minimum atomic E-state index is -0.282. The third-order valence-corrected chi connectivity index (χ3v) is 0.499. The van der Waals surface area contributed by atoms with E-state index in [1.165, 1.54) is 0 Å². The molecular formula is C2H4N3O+. The van der Waals surface area contributed by atoms with E-state index in [2.05, 4.69) is 15.5 Å². The molecule has 4 nitrogen and oxygen atoms in total. The molecule has 2 amide bonds. The van der Waals surface area contributed by atoms with Crippen LogP contribution in [0.1, 0.15) is 0 Å². The molecule has 0 fully saturated rings. The smallest absolute Gasteiger partial charge is 0.274 e. The van der Waals surface area contributed by atoms with Gasteiger partial charge in [-0.05, 0) is 0 Å². The summed E-state index contributed by atoms with van der Waals surface area (Å²) >= 11 is 0. The van der Waals surface area contributed by atoms with Gasteiger partial charge in [0.15, 0.2) is 0 Å². The van der Waals surface area contributed by atoms with Crippen molar-refractivity contribution in [2.45, 2.75) is 0 Å². The second kappa shape index (κ2) is 1.04. The van der Waals surface area contributed by atoms with Gasteiger partial charge in [0, 0.05) is 0 Å². The predicted octanol–water partition coefficient (Wildman–Crippen LogP) is -1.80. The molecule has 0 aromatic heterocycles. The van der Waals surface area contributed by atoms with Gasteiger partial charge in [-0.3, -0.25) is 5.32 Å². The molecule has 1 aliphatic heterocycles. The van der Waals surface area contributed by atoms with E-state index in [1.54, 1.807) is 0 Å². The highest BCUT2D eigenvalue weighted by molar-refractivity contribution is 5.73. The Hall–Kier alpha value is -0.930. The van der Waals surface area contributed by atoms with E-state index in [0.717, 1.165) is 0 Å². The van der Waals surface area contributed by atoms with Gasteiger partial charge < -0.3 is 0 Å². The number of hydrogen-bond donors (Lipinski definition) is 2. The number of hydrogen-bond acceptors (Lipinski definition) is 1. The van der Waals surface area contributed by atoms with Gasteiger partial charge in [-0.1, -0.05) is 0 Å². The Labute approximate surface area is 34.3 Å². The average Bonchev–Trinajstić information content (AvgIpc) is 1.86. The van der Waals surface area contributed by atoms with Gasteiger partial charge in [0.2, 0.25) is 6.67 Å². The Balaban J connectivity index is 2.59. The molecule has 0 spiro atoms. The minimum Gasteiger partial charge on any atom is -0.274 e. The first-order valence-electron chi connectivity index (χ1n) is 1.61. The van der Waals surface area contributed by atoms with E-state index >= 15 is 0 Å². The molecule has 1 heterocycles. The lowest BCUT2D eigenvalue weighted by Crippen LogP contribution is -2.65. The minimum absolute atomic E-state index is 0.282. The zero-order valence-corrected chi connectivity index (χ0v) is 3.06. The number of amides is 2. The summed E-state index contributed by atoms with van der Waals surface area (Å²) in [5.74, 6) is 0. The van der Waals surface area contributed by atoms with Crippen LogP contribution in [0.3, 0.4) is 0 Å².